The molecule has 1 aliphatic carbocycles. The molecule has 3 amide bonds. The molecule has 294 valence electrons. The van der Waals surface area contributed by atoms with Gasteiger partial charge in [-0.25, -0.2) is 9.50 Å². The Morgan fingerprint density at radius 1 is 0.965 bits per heavy atom. The van der Waals surface area contributed by atoms with Crippen molar-refractivity contribution >= 4 is 57.8 Å². The summed E-state index contributed by atoms with van der Waals surface area (Å²) < 4.78 is 1.52. The number of primary amides is 1. The Bertz CT molecular complexity index is 2360. The lowest BCUT2D eigenvalue weighted by Crippen LogP contribution is -2.43. The van der Waals surface area contributed by atoms with Crippen molar-refractivity contribution in [2.24, 2.45) is 11.1 Å². The minimum atomic E-state index is -0.578. The summed E-state index contributed by atoms with van der Waals surface area (Å²) in [6.45, 7) is 3.81. The van der Waals surface area contributed by atoms with Crippen LogP contribution in [0.4, 0.5) is 22.9 Å². The molecule has 3 fully saturated rings. The summed E-state index contributed by atoms with van der Waals surface area (Å²) >= 11 is 6.52. The SMILES string of the molecule is CNc1cc(N2CCc3c(-c4ccc(CN5CCC6(CCC(Nc7ccc(Cl)c(C8CCC(=O)NC8=O)c7)CC6)CC5)cn4)cccc32)nn2c(C(N)=O)cnc12. The first-order valence-electron chi connectivity index (χ1n) is 20.0. The van der Waals surface area contributed by atoms with Crippen molar-refractivity contribution in [3.8, 4) is 11.3 Å². The Balaban J connectivity index is 0.801. The Morgan fingerprint density at radius 3 is 2.53 bits per heavy atom. The van der Waals surface area contributed by atoms with Gasteiger partial charge in [-0.05, 0) is 117 Å². The first-order valence-corrected chi connectivity index (χ1v) is 20.4. The summed E-state index contributed by atoms with van der Waals surface area (Å²) in [7, 11) is 1.82. The number of nitrogens with two attached hydrogens (primary N) is 1. The molecule has 9 rings (SSSR count). The molecule has 5 N–H and O–H groups in total. The number of piperidine rings is 2. The number of fused-ring (bicyclic) bond motifs is 2. The number of hydrogen-bond donors (Lipinski definition) is 4. The van der Waals surface area contributed by atoms with Gasteiger partial charge in [0.15, 0.2) is 11.5 Å². The maximum atomic E-state index is 12.5. The highest BCUT2D eigenvalue weighted by Gasteiger charge is 2.38. The number of likely N-dealkylation sites (tertiary alicyclic amines) is 1. The molecule has 1 unspecified atom stereocenters. The number of nitrogens with zero attached hydrogens (tertiary/aromatic N) is 6. The van der Waals surface area contributed by atoms with Crippen molar-refractivity contribution < 1.29 is 14.4 Å². The van der Waals surface area contributed by atoms with Crippen LogP contribution in [-0.2, 0) is 22.6 Å². The average molecular weight is 787 g/mol. The average Bonchev–Trinajstić information content (AvgIpc) is 3.86. The third-order valence-electron chi connectivity index (χ3n) is 12.7. The first kappa shape index (κ1) is 37.1. The highest BCUT2D eigenvalue weighted by Crippen LogP contribution is 2.46. The molecule has 0 bridgehead atoms. The number of hydrogen-bond acceptors (Lipinski definition) is 10. The van der Waals surface area contributed by atoms with Gasteiger partial charge in [0, 0.05) is 66.8 Å². The third kappa shape index (κ3) is 7.18. The number of carbonyl (C=O) groups is 3. The second-order valence-corrected chi connectivity index (χ2v) is 16.5. The van der Waals surface area contributed by atoms with Gasteiger partial charge in [0.05, 0.1) is 23.5 Å². The summed E-state index contributed by atoms with van der Waals surface area (Å²) in [5.74, 6) is -0.751. The molecule has 5 aromatic rings. The van der Waals surface area contributed by atoms with Gasteiger partial charge < -0.3 is 21.3 Å². The highest BCUT2D eigenvalue weighted by molar-refractivity contribution is 6.31. The Morgan fingerprint density at radius 2 is 1.79 bits per heavy atom. The van der Waals surface area contributed by atoms with Gasteiger partial charge in [0.1, 0.15) is 5.69 Å². The van der Waals surface area contributed by atoms with Crippen molar-refractivity contribution in [1.29, 1.82) is 0 Å². The van der Waals surface area contributed by atoms with E-state index in [1.54, 1.807) is 0 Å². The van der Waals surface area contributed by atoms with E-state index in [-0.39, 0.29) is 17.5 Å². The predicted molar refractivity (Wildman–Crippen MR) is 221 cm³/mol. The Labute approximate surface area is 336 Å². The number of halogens is 1. The van der Waals surface area contributed by atoms with E-state index in [2.05, 4.69) is 61.1 Å². The Kier molecular flexibility index (Phi) is 9.81. The summed E-state index contributed by atoms with van der Waals surface area (Å²) in [6.07, 6.45) is 12.2. The van der Waals surface area contributed by atoms with Crippen LogP contribution < -0.4 is 26.6 Å². The van der Waals surface area contributed by atoms with Crippen LogP contribution in [0.2, 0.25) is 5.02 Å². The van der Waals surface area contributed by atoms with Gasteiger partial charge in [0.2, 0.25) is 11.8 Å². The number of aromatic nitrogens is 4. The molecule has 1 spiro atoms. The molecule has 1 atom stereocenters. The number of pyridine rings is 1. The summed E-state index contributed by atoms with van der Waals surface area (Å²) in [5, 5.41) is 14.7. The van der Waals surface area contributed by atoms with E-state index in [4.69, 9.17) is 27.4 Å². The van der Waals surface area contributed by atoms with Gasteiger partial charge in [-0.15, -0.1) is 5.10 Å². The van der Waals surface area contributed by atoms with Crippen LogP contribution >= 0.6 is 11.6 Å². The number of carbonyl (C=O) groups excluding carboxylic acids is 3. The molecule has 0 radical (unpaired) electrons. The second kappa shape index (κ2) is 15.1. The maximum Gasteiger partial charge on any atom is 0.269 e. The summed E-state index contributed by atoms with van der Waals surface area (Å²) in [6, 6.07) is 18.9. The van der Waals surface area contributed by atoms with Crippen LogP contribution in [0.3, 0.4) is 0 Å². The molecule has 13 nitrogen and oxygen atoms in total. The number of amides is 3. The van der Waals surface area contributed by atoms with Gasteiger partial charge in [-0.1, -0.05) is 29.8 Å². The molecule has 3 aliphatic heterocycles. The number of imidazole rings is 1. The molecular formula is C43H47ClN10O3. The van der Waals surface area contributed by atoms with Gasteiger partial charge >= 0.3 is 0 Å². The van der Waals surface area contributed by atoms with Crippen LogP contribution in [0.15, 0.2) is 67.0 Å². The molecule has 4 aliphatic rings. The predicted octanol–water partition coefficient (Wildman–Crippen LogP) is 6.44. The smallest absolute Gasteiger partial charge is 0.269 e. The van der Waals surface area contributed by atoms with E-state index >= 15 is 0 Å². The van der Waals surface area contributed by atoms with E-state index in [1.807, 2.05) is 37.5 Å². The van der Waals surface area contributed by atoms with E-state index in [0.29, 0.717) is 40.8 Å². The minimum absolute atomic E-state index is 0.219. The molecule has 2 aromatic carbocycles. The van der Waals surface area contributed by atoms with Crippen LogP contribution in [-0.4, -0.2) is 74.9 Å². The standard InChI is InChI=1S/C43H47ClN10O3/c1-46-35-22-38(51-54-37(40(45)56)24-48-41(35)54)53-18-13-30-29(3-2-4-36(30)53)34-9-5-26(23-47-34)25-52-19-16-43(17-20-52)14-11-27(12-15-43)49-28-6-8-33(44)32(21-28)31-7-10-39(55)50-42(31)57/h2-6,8-9,21-24,27,31,46,49H,7,10-20,25H2,1H3,(H2,45,56)(H,50,55,57). The fraction of sp³-hybridized carbons (Fsp3) is 0.395. The van der Waals surface area contributed by atoms with Crippen LogP contribution in [0, 0.1) is 5.41 Å². The van der Waals surface area contributed by atoms with Crippen molar-refractivity contribution in [3.05, 3.63) is 94.4 Å². The number of benzene rings is 2. The zero-order valence-electron chi connectivity index (χ0n) is 32.1. The lowest BCUT2D eigenvalue weighted by molar-refractivity contribution is -0.134. The minimum Gasteiger partial charge on any atom is -0.385 e. The largest absolute Gasteiger partial charge is 0.385 e. The van der Waals surface area contributed by atoms with Crippen molar-refractivity contribution in [3.63, 3.8) is 0 Å². The normalized spacial score (nSPS) is 19.8. The molecule has 1 saturated carbocycles. The third-order valence-corrected chi connectivity index (χ3v) is 13.1. The number of rotatable bonds is 9. The lowest BCUT2D eigenvalue weighted by atomic mass is 9.67. The van der Waals surface area contributed by atoms with Crippen LogP contribution in [0.5, 0.6) is 0 Å². The van der Waals surface area contributed by atoms with E-state index in [1.165, 1.54) is 47.5 Å². The van der Waals surface area contributed by atoms with E-state index in [0.717, 1.165) is 79.3 Å². The van der Waals surface area contributed by atoms with Crippen LogP contribution in [0.25, 0.3) is 16.9 Å². The summed E-state index contributed by atoms with van der Waals surface area (Å²) in [5.41, 5.74) is 14.9. The highest BCUT2D eigenvalue weighted by atomic mass is 35.5. The van der Waals surface area contributed by atoms with Crippen LogP contribution in [0.1, 0.15) is 84.5 Å². The molecule has 6 heterocycles. The zero-order chi connectivity index (χ0) is 39.3. The lowest BCUT2D eigenvalue weighted by Gasteiger charge is -2.46. The fourth-order valence-electron chi connectivity index (χ4n) is 9.47. The van der Waals surface area contributed by atoms with E-state index < -0.39 is 11.8 Å². The van der Waals surface area contributed by atoms with Gasteiger partial charge in [-0.3, -0.25) is 29.6 Å². The maximum absolute atomic E-state index is 12.5. The quantitative estimate of drug-likeness (QED) is 0.122. The van der Waals surface area contributed by atoms with Gasteiger partial charge in [-0.2, -0.15) is 0 Å². The second-order valence-electron chi connectivity index (χ2n) is 16.1. The van der Waals surface area contributed by atoms with Crippen molar-refractivity contribution in [2.75, 3.05) is 42.2 Å². The first-order chi connectivity index (χ1) is 27.7. The molecule has 14 heteroatoms. The molecule has 2 saturated heterocycles. The summed E-state index contributed by atoms with van der Waals surface area (Å²) in [4.78, 5) is 50.4. The Hall–Kier alpha value is -5.53. The van der Waals surface area contributed by atoms with E-state index in [9.17, 15) is 14.4 Å². The van der Waals surface area contributed by atoms with Crippen molar-refractivity contribution in [1.82, 2.24) is 29.8 Å². The topological polar surface area (TPSA) is 163 Å². The molecule has 3 aromatic heterocycles. The monoisotopic (exact) mass is 786 g/mol. The molecular weight excluding hydrogens is 740 g/mol. The number of nitrogens with one attached hydrogen (secondary N) is 3. The molecule has 57 heavy (non-hydrogen) atoms. The van der Waals surface area contributed by atoms with Gasteiger partial charge in [0.25, 0.3) is 5.91 Å². The van der Waals surface area contributed by atoms with Crippen molar-refractivity contribution in [2.45, 2.75) is 76.3 Å². The number of imide groups is 1. The zero-order valence-corrected chi connectivity index (χ0v) is 32.8. The fourth-order valence-corrected chi connectivity index (χ4v) is 9.72. The number of anilines is 4.